The Morgan fingerprint density at radius 3 is 2.89 bits per heavy atom. The first kappa shape index (κ1) is 18.3. The molecule has 0 N–H and O–H groups in total. The van der Waals surface area contributed by atoms with Gasteiger partial charge < -0.3 is 4.74 Å². The van der Waals surface area contributed by atoms with Gasteiger partial charge in [0, 0.05) is 17.2 Å². The highest BCUT2D eigenvalue weighted by atomic mass is 32.2. The van der Waals surface area contributed by atoms with Crippen LogP contribution in [0, 0.1) is 5.82 Å². The molecular weight excluding hydrogens is 395 g/mol. The minimum Gasteiger partial charge on any atom is -0.376 e. The highest BCUT2D eigenvalue weighted by molar-refractivity contribution is 7.98. The topological polar surface area (TPSA) is 44.1 Å². The molecule has 0 unspecified atom stereocenters. The fourth-order valence-electron chi connectivity index (χ4n) is 4.05. The lowest BCUT2D eigenvalue weighted by Crippen LogP contribution is -2.28. The molecule has 1 fully saturated rings. The number of fused-ring (bicyclic) bond motifs is 3. The second-order valence-electron chi connectivity index (χ2n) is 7.40. The summed E-state index contributed by atoms with van der Waals surface area (Å²) in [7, 11) is 0. The third-order valence-corrected chi connectivity index (χ3v) is 7.71. The van der Waals surface area contributed by atoms with Gasteiger partial charge in [0.1, 0.15) is 10.6 Å². The largest absolute Gasteiger partial charge is 0.376 e. The number of benzene rings is 1. The number of aryl methyl sites for hydroxylation is 2. The molecule has 3 aromatic rings. The molecule has 146 valence electrons. The molecule has 0 saturated carbocycles. The van der Waals surface area contributed by atoms with Gasteiger partial charge in [-0.3, -0.25) is 9.36 Å². The van der Waals surface area contributed by atoms with Gasteiger partial charge in [-0.15, -0.1) is 11.3 Å². The van der Waals surface area contributed by atoms with E-state index >= 15 is 0 Å². The van der Waals surface area contributed by atoms with E-state index < -0.39 is 0 Å². The van der Waals surface area contributed by atoms with Crippen molar-refractivity contribution in [3.8, 4) is 0 Å². The van der Waals surface area contributed by atoms with Crippen LogP contribution in [-0.2, 0) is 29.9 Å². The van der Waals surface area contributed by atoms with E-state index in [4.69, 9.17) is 9.72 Å². The number of ether oxygens (including phenoxy) is 1. The van der Waals surface area contributed by atoms with E-state index in [0.29, 0.717) is 12.3 Å². The number of halogens is 1. The molecule has 1 aromatic carbocycles. The van der Waals surface area contributed by atoms with Crippen molar-refractivity contribution in [3.05, 3.63) is 56.4 Å². The summed E-state index contributed by atoms with van der Waals surface area (Å²) in [5.41, 5.74) is 2.30. The molecular formula is C21H21FN2O2S2. The van der Waals surface area contributed by atoms with E-state index in [9.17, 15) is 9.18 Å². The standard InChI is InChI=1S/C21H21FN2O2S2/c22-14-8-6-13(7-9-14)12-27-21-23-19-18(16-4-1-5-17(16)28-19)20(25)24(21)11-15-3-2-10-26-15/h6-9,15H,1-5,10-12H2/t15-/m0/s1. The van der Waals surface area contributed by atoms with Crippen LogP contribution >= 0.6 is 23.1 Å². The van der Waals surface area contributed by atoms with Crippen molar-refractivity contribution < 1.29 is 9.13 Å². The fourth-order valence-corrected chi connectivity index (χ4v) is 6.32. The Kier molecular flexibility index (Phi) is 4.99. The Labute approximate surface area is 170 Å². The van der Waals surface area contributed by atoms with Gasteiger partial charge in [0.05, 0.1) is 18.0 Å². The van der Waals surface area contributed by atoms with Gasteiger partial charge in [-0.25, -0.2) is 9.37 Å². The van der Waals surface area contributed by atoms with E-state index in [1.165, 1.54) is 34.3 Å². The fraction of sp³-hybridized carbons (Fsp3) is 0.429. The van der Waals surface area contributed by atoms with Gasteiger partial charge in [-0.1, -0.05) is 23.9 Å². The molecule has 1 aliphatic carbocycles. The number of hydrogen-bond donors (Lipinski definition) is 0. The average molecular weight is 417 g/mol. The maximum Gasteiger partial charge on any atom is 0.263 e. The lowest BCUT2D eigenvalue weighted by molar-refractivity contribution is 0.0937. The van der Waals surface area contributed by atoms with Crippen molar-refractivity contribution in [2.45, 2.75) is 55.7 Å². The monoisotopic (exact) mass is 416 g/mol. The van der Waals surface area contributed by atoms with Crippen LogP contribution in [0.5, 0.6) is 0 Å². The summed E-state index contributed by atoms with van der Waals surface area (Å²) in [4.78, 5) is 20.5. The first-order valence-corrected chi connectivity index (χ1v) is 11.5. The summed E-state index contributed by atoms with van der Waals surface area (Å²) >= 11 is 3.21. The third kappa shape index (κ3) is 3.40. The van der Waals surface area contributed by atoms with Crippen molar-refractivity contribution >= 4 is 33.3 Å². The molecule has 4 nitrogen and oxygen atoms in total. The minimum atomic E-state index is -0.239. The molecule has 1 saturated heterocycles. The Bertz CT molecular complexity index is 1070. The van der Waals surface area contributed by atoms with E-state index in [2.05, 4.69) is 0 Å². The summed E-state index contributed by atoms with van der Waals surface area (Å²) in [6, 6.07) is 6.50. The predicted octanol–water partition coefficient (Wildman–Crippen LogP) is 4.56. The highest BCUT2D eigenvalue weighted by Gasteiger charge is 2.25. The summed E-state index contributed by atoms with van der Waals surface area (Å²) < 4.78 is 20.8. The average Bonchev–Trinajstić information content (AvgIpc) is 3.41. The summed E-state index contributed by atoms with van der Waals surface area (Å²) in [6.07, 6.45) is 5.26. The first-order chi connectivity index (χ1) is 13.7. The third-order valence-electron chi connectivity index (χ3n) is 5.48. The number of thioether (sulfide) groups is 1. The van der Waals surface area contributed by atoms with Gasteiger partial charge in [-0.05, 0) is 55.4 Å². The van der Waals surface area contributed by atoms with Gasteiger partial charge in [-0.2, -0.15) is 0 Å². The first-order valence-electron chi connectivity index (χ1n) is 9.73. The molecule has 1 atom stereocenters. The molecule has 0 spiro atoms. The summed E-state index contributed by atoms with van der Waals surface area (Å²) in [5.74, 6) is 0.408. The van der Waals surface area contributed by atoms with Crippen molar-refractivity contribution in [1.29, 1.82) is 0 Å². The number of rotatable bonds is 5. The van der Waals surface area contributed by atoms with E-state index in [-0.39, 0.29) is 17.5 Å². The van der Waals surface area contributed by atoms with Crippen LogP contribution in [0.2, 0.25) is 0 Å². The van der Waals surface area contributed by atoms with Crippen LogP contribution in [0.3, 0.4) is 0 Å². The SMILES string of the molecule is O=c1c2c3c(sc2nc(SCc2ccc(F)cc2)n1C[C@@H]1CCCO1)CCC3. The lowest BCUT2D eigenvalue weighted by atomic mass is 10.2. The molecule has 0 amide bonds. The van der Waals surface area contributed by atoms with Crippen LogP contribution in [0.1, 0.15) is 35.3 Å². The number of aromatic nitrogens is 2. The summed E-state index contributed by atoms with van der Waals surface area (Å²) in [5, 5.41) is 1.55. The van der Waals surface area contributed by atoms with E-state index in [0.717, 1.165) is 59.6 Å². The van der Waals surface area contributed by atoms with Crippen LogP contribution in [-0.4, -0.2) is 22.3 Å². The van der Waals surface area contributed by atoms with E-state index in [1.807, 2.05) is 4.57 Å². The molecule has 0 radical (unpaired) electrons. The van der Waals surface area contributed by atoms with Gasteiger partial charge in [0.15, 0.2) is 5.16 Å². The predicted molar refractivity (Wildman–Crippen MR) is 111 cm³/mol. The van der Waals surface area contributed by atoms with E-state index in [1.54, 1.807) is 23.5 Å². The second-order valence-corrected chi connectivity index (χ2v) is 9.42. The Balaban J connectivity index is 1.53. The molecule has 5 rings (SSSR count). The van der Waals surface area contributed by atoms with Crippen molar-refractivity contribution in [3.63, 3.8) is 0 Å². The van der Waals surface area contributed by atoms with Gasteiger partial charge in [0.2, 0.25) is 0 Å². The molecule has 1 aliphatic heterocycles. The van der Waals surface area contributed by atoms with Crippen LogP contribution in [0.15, 0.2) is 34.2 Å². The zero-order valence-corrected chi connectivity index (χ0v) is 17.1. The van der Waals surface area contributed by atoms with Crippen molar-refractivity contribution in [2.24, 2.45) is 0 Å². The highest BCUT2D eigenvalue weighted by Crippen LogP contribution is 2.36. The molecule has 2 aromatic heterocycles. The Morgan fingerprint density at radius 1 is 1.25 bits per heavy atom. The molecule has 7 heteroatoms. The normalized spacial score (nSPS) is 18.8. The van der Waals surface area contributed by atoms with Crippen LogP contribution < -0.4 is 5.56 Å². The van der Waals surface area contributed by atoms with Gasteiger partial charge in [0.25, 0.3) is 5.56 Å². The van der Waals surface area contributed by atoms with Gasteiger partial charge >= 0.3 is 0 Å². The maximum atomic E-state index is 13.4. The van der Waals surface area contributed by atoms with Crippen molar-refractivity contribution in [2.75, 3.05) is 6.61 Å². The lowest BCUT2D eigenvalue weighted by Gasteiger charge is -2.16. The van der Waals surface area contributed by atoms with Crippen LogP contribution in [0.25, 0.3) is 10.2 Å². The van der Waals surface area contributed by atoms with Crippen molar-refractivity contribution in [1.82, 2.24) is 9.55 Å². The number of nitrogens with zero attached hydrogens (tertiary/aromatic N) is 2. The number of hydrogen-bond acceptors (Lipinski definition) is 5. The molecule has 0 bridgehead atoms. The zero-order valence-electron chi connectivity index (χ0n) is 15.4. The quantitative estimate of drug-likeness (QED) is 0.452. The molecule has 3 heterocycles. The number of thiophene rings is 1. The molecule has 28 heavy (non-hydrogen) atoms. The smallest absolute Gasteiger partial charge is 0.263 e. The second kappa shape index (κ2) is 7.61. The Hall–Kier alpha value is -1.70. The Morgan fingerprint density at radius 2 is 2.11 bits per heavy atom. The minimum absolute atomic E-state index is 0.0708. The maximum absolute atomic E-state index is 13.4. The zero-order chi connectivity index (χ0) is 19.1. The molecule has 2 aliphatic rings. The van der Waals surface area contributed by atoms with Crippen LogP contribution in [0.4, 0.5) is 4.39 Å². The summed E-state index contributed by atoms with van der Waals surface area (Å²) in [6.45, 7) is 1.32.